The summed E-state index contributed by atoms with van der Waals surface area (Å²) in [6.45, 7) is 5.64. The number of anilines is 1. The lowest BCUT2D eigenvalue weighted by Gasteiger charge is -1.99. The monoisotopic (exact) mass is 311 g/mol. The van der Waals surface area contributed by atoms with Crippen LogP contribution in [0.5, 0.6) is 0 Å². The van der Waals surface area contributed by atoms with Crippen LogP contribution in [0.3, 0.4) is 0 Å². The van der Waals surface area contributed by atoms with Crippen molar-refractivity contribution in [1.29, 1.82) is 0 Å². The molecule has 6 nitrogen and oxygen atoms in total. The molecular weight excluding hydrogens is 298 g/mol. The molecule has 0 aliphatic carbocycles. The number of hydrogen-bond acceptors (Lipinski definition) is 7. The zero-order valence-electron chi connectivity index (χ0n) is 11.2. The summed E-state index contributed by atoms with van der Waals surface area (Å²) in [4.78, 5) is 32.3. The highest BCUT2D eigenvalue weighted by Crippen LogP contribution is 2.21. The molecule has 0 unspecified atom stereocenters. The summed E-state index contributed by atoms with van der Waals surface area (Å²) in [5, 5.41) is 5.41. The molecule has 2 aromatic heterocycles. The highest BCUT2D eigenvalue weighted by atomic mass is 32.1. The Morgan fingerprint density at radius 3 is 2.70 bits per heavy atom. The first-order valence-electron chi connectivity index (χ1n) is 5.89. The van der Waals surface area contributed by atoms with E-state index in [0.29, 0.717) is 15.7 Å². The number of carbonyl (C=O) groups is 2. The van der Waals surface area contributed by atoms with Crippen molar-refractivity contribution in [3.63, 3.8) is 0 Å². The van der Waals surface area contributed by atoms with Crippen LogP contribution in [0.4, 0.5) is 5.13 Å². The van der Waals surface area contributed by atoms with Gasteiger partial charge in [-0.05, 0) is 20.8 Å². The van der Waals surface area contributed by atoms with E-state index in [0.717, 1.165) is 5.01 Å². The van der Waals surface area contributed by atoms with Crippen molar-refractivity contribution >= 4 is 39.7 Å². The van der Waals surface area contributed by atoms with Crippen LogP contribution in [-0.4, -0.2) is 28.5 Å². The zero-order chi connectivity index (χ0) is 14.7. The highest BCUT2D eigenvalue weighted by Gasteiger charge is 2.17. The summed E-state index contributed by atoms with van der Waals surface area (Å²) >= 11 is 2.50. The Kier molecular flexibility index (Phi) is 4.46. The number of ether oxygens (including phenoxy) is 1. The van der Waals surface area contributed by atoms with Gasteiger partial charge in [0.15, 0.2) is 10.8 Å². The van der Waals surface area contributed by atoms with Gasteiger partial charge in [0.2, 0.25) is 0 Å². The summed E-state index contributed by atoms with van der Waals surface area (Å²) in [6.07, 6.45) is 0. The van der Waals surface area contributed by atoms with E-state index < -0.39 is 5.97 Å². The van der Waals surface area contributed by atoms with E-state index in [1.807, 2.05) is 6.92 Å². The van der Waals surface area contributed by atoms with E-state index >= 15 is 0 Å². The normalized spacial score (nSPS) is 10.3. The number of aromatic nitrogens is 2. The molecule has 0 saturated carbocycles. The van der Waals surface area contributed by atoms with Crippen molar-refractivity contribution in [3.05, 3.63) is 26.7 Å². The molecule has 1 amide bonds. The molecule has 0 aliphatic rings. The number of rotatable bonds is 4. The van der Waals surface area contributed by atoms with E-state index in [1.54, 1.807) is 19.2 Å². The fourth-order valence-electron chi connectivity index (χ4n) is 1.53. The molecule has 2 aromatic rings. The van der Waals surface area contributed by atoms with Gasteiger partial charge in [-0.1, -0.05) is 0 Å². The SMILES string of the molecule is CCOC(=O)c1csc(NC(=O)c2sc(C)nc2C)n1. The van der Waals surface area contributed by atoms with Crippen molar-refractivity contribution in [3.8, 4) is 0 Å². The summed E-state index contributed by atoms with van der Waals surface area (Å²) in [7, 11) is 0. The summed E-state index contributed by atoms with van der Waals surface area (Å²) < 4.78 is 4.84. The second-order valence-corrected chi connectivity index (χ2v) is 5.92. The molecule has 1 N–H and O–H groups in total. The molecule has 0 saturated heterocycles. The molecule has 20 heavy (non-hydrogen) atoms. The van der Waals surface area contributed by atoms with Crippen molar-refractivity contribution in [1.82, 2.24) is 9.97 Å². The van der Waals surface area contributed by atoms with Gasteiger partial charge < -0.3 is 4.74 Å². The van der Waals surface area contributed by atoms with Crippen LogP contribution in [0.1, 0.15) is 37.8 Å². The topological polar surface area (TPSA) is 81.2 Å². The van der Waals surface area contributed by atoms with Gasteiger partial charge in [0.1, 0.15) is 4.88 Å². The Hall–Kier alpha value is -1.80. The van der Waals surface area contributed by atoms with Gasteiger partial charge in [-0.3, -0.25) is 10.1 Å². The predicted molar refractivity (Wildman–Crippen MR) is 77.6 cm³/mol. The average Bonchev–Trinajstić information content (AvgIpc) is 2.96. The van der Waals surface area contributed by atoms with Gasteiger partial charge in [0.05, 0.1) is 17.3 Å². The Labute approximate surface area is 123 Å². The minimum atomic E-state index is -0.492. The molecule has 2 rings (SSSR count). The first kappa shape index (κ1) is 14.6. The number of nitrogens with zero attached hydrogens (tertiary/aromatic N) is 2. The van der Waals surface area contributed by atoms with E-state index in [2.05, 4.69) is 15.3 Å². The van der Waals surface area contributed by atoms with Crippen LogP contribution in [0.15, 0.2) is 5.38 Å². The lowest BCUT2D eigenvalue weighted by atomic mass is 10.4. The molecule has 2 heterocycles. The third-order valence-corrected chi connectivity index (χ3v) is 4.15. The van der Waals surface area contributed by atoms with Crippen LogP contribution in [0, 0.1) is 13.8 Å². The van der Waals surface area contributed by atoms with E-state index in [4.69, 9.17) is 4.74 Å². The molecule has 0 fully saturated rings. The van der Waals surface area contributed by atoms with E-state index in [-0.39, 0.29) is 18.2 Å². The molecular formula is C12H13N3O3S2. The molecule has 0 bridgehead atoms. The quantitative estimate of drug-likeness (QED) is 0.878. The van der Waals surface area contributed by atoms with Crippen molar-refractivity contribution in [2.75, 3.05) is 11.9 Å². The number of nitrogens with one attached hydrogen (secondary N) is 1. The maximum absolute atomic E-state index is 12.1. The maximum Gasteiger partial charge on any atom is 0.357 e. The number of aryl methyl sites for hydroxylation is 2. The molecule has 8 heteroatoms. The summed E-state index contributed by atoms with van der Waals surface area (Å²) in [5.74, 6) is -0.757. The number of hydrogen-bond donors (Lipinski definition) is 1. The minimum absolute atomic E-state index is 0.198. The van der Waals surface area contributed by atoms with Gasteiger partial charge >= 0.3 is 5.97 Å². The third-order valence-electron chi connectivity index (χ3n) is 2.32. The first-order chi connectivity index (χ1) is 9.51. The fourth-order valence-corrected chi connectivity index (χ4v) is 3.02. The lowest BCUT2D eigenvalue weighted by Crippen LogP contribution is -2.12. The molecule has 0 aliphatic heterocycles. The second kappa shape index (κ2) is 6.10. The van der Waals surface area contributed by atoms with Gasteiger partial charge in [0.25, 0.3) is 5.91 Å². The standard InChI is InChI=1S/C12H13N3O3S2/c1-4-18-11(17)8-5-19-12(14-8)15-10(16)9-6(2)13-7(3)20-9/h5H,4H2,1-3H3,(H,14,15,16). The Bertz CT molecular complexity index is 648. The van der Waals surface area contributed by atoms with Crippen LogP contribution in [0.25, 0.3) is 0 Å². The molecule has 0 aromatic carbocycles. The highest BCUT2D eigenvalue weighted by molar-refractivity contribution is 7.15. The third kappa shape index (κ3) is 3.20. The Balaban J connectivity index is 2.09. The smallest absolute Gasteiger partial charge is 0.357 e. The molecule has 0 atom stereocenters. The van der Waals surface area contributed by atoms with E-state index in [9.17, 15) is 9.59 Å². The van der Waals surface area contributed by atoms with Crippen LogP contribution in [-0.2, 0) is 4.74 Å². The van der Waals surface area contributed by atoms with Gasteiger partial charge in [-0.25, -0.2) is 14.8 Å². The average molecular weight is 311 g/mol. The predicted octanol–water partition coefficient (Wildman–Crippen LogP) is 2.65. The van der Waals surface area contributed by atoms with Crippen molar-refractivity contribution in [2.45, 2.75) is 20.8 Å². The van der Waals surface area contributed by atoms with Crippen molar-refractivity contribution in [2.24, 2.45) is 0 Å². The van der Waals surface area contributed by atoms with Crippen LogP contribution in [0.2, 0.25) is 0 Å². The number of thiazole rings is 2. The molecule has 0 spiro atoms. The maximum atomic E-state index is 12.1. The van der Waals surface area contributed by atoms with Crippen molar-refractivity contribution < 1.29 is 14.3 Å². The summed E-state index contributed by atoms with van der Waals surface area (Å²) in [5.41, 5.74) is 0.886. The fraction of sp³-hybridized carbons (Fsp3) is 0.333. The molecule has 106 valence electrons. The van der Waals surface area contributed by atoms with Gasteiger partial charge in [-0.15, -0.1) is 22.7 Å². The zero-order valence-corrected chi connectivity index (χ0v) is 12.9. The second-order valence-electron chi connectivity index (χ2n) is 3.86. The van der Waals surface area contributed by atoms with Gasteiger partial charge in [-0.2, -0.15) is 0 Å². The minimum Gasteiger partial charge on any atom is -0.461 e. The van der Waals surface area contributed by atoms with Gasteiger partial charge in [0, 0.05) is 5.38 Å². The largest absolute Gasteiger partial charge is 0.461 e. The first-order valence-corrected chi connectivity index (χ1v) is 7.59. The number of amides is 1. The van der Waals surface area contributed by atoms with E-state index in [1.165, 1.54) is 22.7 Å². The Morgan fingerprint density at radius 1 is 1.35 bits per heavy atom. The Morgan fingerprint density at radius 2 is 2.10 bits per heavy atom. The number of carbonyl (C=O) groups excluding carboxylic acids is 2. The lowest BCUT2D eigenvalue weighted by molar-refractivity contribution is 0.0520. The van der Waals surface area contributed by atoms with Crippen LogP contribution >= 0.6 is 22.7 Å². The number of esters is 1. The van der Waals surface area contributed by atoms with Crippen LogP contribution < -0.4 is 5.32 Å². The molecule has 0 radical (unpaired) electrons. The summed E-state index contributed by atoms with van der Waals surface area (Å²) in [6, 6.07) is 0.